The number of nitrogens with one attached hydrogen (secondary N) is 1. The maximum absolute atomic E-state index is 11.3. The van der Waals surface area contributed by atoms with Gasteiger partial charge in [-0.2, -0.15) is 0 Å². The van der Waals surface area contributed by atoms with E-state index in [-0.39, 0.29) is 12.0 Å². The molecule has 2 atom stereocenters. The highest BCUT2D eigenvalue weighted by atomic mass is 16.5. The molecule has 1 rings (SSSR count). The summed E-state index contributed by atoms with van der Waals surface area (Å²) in [6.07, 6.45) is 4.96. The van der Waals surface area contributed by atoms with Gasteiger partial charge in [-0.25, -0.2) is 0 Å². The maximum atomic E-state index is 11.3. The molecular formula is C12H23NO2. The van der Waals surface area contributed by atoms with Gasteiger partial charge >= 0.3 is 5.97 Å². The lowest BCUT2D eigenvalue weighted by molar-refractivity contribution is -0.143. The van der Waals surface area contributed by atoms with E-state index < -0.39 is 0 Å². The van der Waals surface area contributed by atoms with Gasteiger partial charge in [0.1, 0.15) is 6.04 Å². The first-order chi connectivity index (χ1) is 6.97. The van der Waals surface area contributed by atoms with Gasteiger partial charge < -0.3 is 10.1 Å². The normalized spacial score (nSPS) is 27.1. The molecule has 0 saturated heterocycles. The number of esters is 1. The van der Waals surface area contributed by atoms with Crippen molar-refractivity contribution >= 4 is 5.97 Å². The zero-order valence-corrected chi connectivity index (χ0v) is 10.3. The summed E-state index contributed by atoms with van der Waals surface area (Å²) in [5, 5.41) is 3.39. The zero-order valence-electron chi connectivity index (χ0n) is 10.3. The highest BCUT2D eigenvalue weighted by Gasteiger charge is 2.33. The number of hydrogen-bond donors (Lipinski definition) is 1. The van der Waals surface area contributed by atoms with Crippen molar-refractivity contribution in [3.63, 3.8) is 0 Å². The Morgan fingerprint density at radius 3 is 2.67 bits per heavy atom. The van der Waals surface area contributed by atoms with Gasteiger partial charge in [0.25, 0.3) is 0 Å². The van der Waals surface area contributed by atoms with E-state index in [0.717, 1.165) is 6.42 Å². The van der Waals surface area contributed by atoms with E-state index in [9.17, 15) is 4.79 Å². The Kier molecular flexibility index (Phi) is 4.14. The van der Waals surface area contributed by atoms with Crippen molar-refractivity contribution < 1.29 is 9.53 Å². The molecule has 3 heteroatoms. The molecule has 88 valence electrons. The SMILES string of the molecule is COC(=O)C(C)NC1CCCCC1(C)C. The molecule has 1 saturated carbocycles. The molecule has 1 aliphatic carbocycles. The number of rotatable bonds is 3. The first-order valence-corrected chi connectivity index (χ1v) is 5.81. The van der Waals surface area contributed by atoms with Gasteiger partial charge in [0, 0.05) is 6.04 Å². The lowest BCUT2D eigenvalue weighted by Crippen LogP contribution is -2.50. The van der Waals surface area contributed by atoms with E-state index in [4.69, 9.17) is 4.74 Å². The summed E-state index contributed by atoms with van der Waals surface area (Å²) in [5.41, 5.74) is 0.292. The predicted molar refractivity (Wildman–Crippen MR) is 60.7 cm³/mol. The average Bonchev–Trinajstić information content (AvgIpc) is 2.19. The molecule has 0 spiro atoms. The zero-order chi connectivity index (χ0) is 11.5. The van der Waals surface area contributed by atoms with Crippen LogP contribution in [0.3, 0.4) is 0 Å². The fourth-order valence-corrected chi connectivity index (χ4v) is 2.35. The Morgan fingerprint density at radius 1 is 1.47 bits per heavy atom. The summed E-state index contributed by atoms with van der Waals surface area (Å²) in [6.45, 7) is 6.41. The van der Waals surface area contributed by atoms with Crippen LogP contribution in [0, 0.1) is 5.41 Å². The van der Waals surface area contributed by atoms with Crippen LogP contribution in [0.2, 0.25) is 0 Å². The van der Waals surface area contributed by atoms with Crippen molar-refractivity contribution in [2.45, 2.75) is 58.5 Å². The van der Waals surface area contributed by atoms with Crippen molar-refractivity contribution in [2.24, 2.45) is 5.41 Å². The lowest BCUT2D eigenvalue weighted by atomic mass is 9.73. The fourth-order valence-electron chi connectivity index (χ4n) is 2.35. The Bertz CT molecular complexity index is 226. The van der Waals surface area contributed by atoms with Gasteiger partial charge in [-0.15, -0.1) is 0 Å². The highest BCUT2D eigenvalue weighted by Crippen LogP contribution is 2.35. The minimum absolute atomic E-state index is 0.170. The minimum Gasteiger partial charge on any atom is -0.468 e. The van der Waals surface area contributed by atoms with Crippen molar-refractivity contribution in [2.75, 3.05) is 7.11 Å². The quantitative estimate of drug-likeness (QED) is 0.730. The summed E-state index contributed by atoms with van der Waals surface area (Å²) in [6, 6.07) is 0.234. The van der Waals surface area contributed by atoms with Crippen LogP contribution in [0.4, 0.5) is 0 Å². The van der Waals surface area contributed by atoms with Gasteiger partial charge in [-0.3, -0.25) is 4.79 Å². The van der Waals surface area contributed by atoms with Crippen molar-refractivity contribution in [1.29, 1.82) is 0 Å². The number of carbonyl (C=O) groups is 1. The van der Waals surface area contributed by atoms with Gasteiger partial charge in [0.05, 0.1) is 7.11 Å². The maximum Gasteiger partial charge on any atom is 0.322 e. The standard InChI is InChI=1S/C12H23NO2/c1-9(11(14)15-4)13-10-7-5-6-8-12(10,2)3/h9-10,13H,5-8H2,1-4H3. The Balaban J connectivity index is 2.52. The molecule has 1 fully saturated rings. The summed E-state index contributed by atoms with van der Waals surface area (Å²) in [5.74, 6) is -0.170. The van der Waals surface area contributed by atoms with E-state index in [0.29, 0.717) is 11.5 Å². The Morgan fingerprint density at radius 2 is 2.13 bits per heavy atom. The van der Waals surface area contributed by atoms with Gasteiger partial charge in [-0.05, 0) is 25.2 Å². The van der Waals surface area contributed by atoms with Crippen LogP contribution in [0.1, 0.15) is 46.5 Å². The number of hydrogen-bond acceptors (Lipinski definition) is 3. The van der Waals surface area contributed by atoms with E-state index in [2.05, 4.69) is 19.2 Å². The Hall–Kier alpha value is -0.570. The largest absolute Gasteiger partial charge is 0.468 e. The van der Waals surface area contributed by atoms with E-state index in [1.165, 1.54) is 26.4 Å². The number of ether oxygens (including phenoxy) is 1. The van der Waals surface area contributed by atoms with Crippen LogP contribution >= 0.6 is 0 Å². The molecule has 0 heterocycles. The van der Waals surface area contributed by atoms with Crippen LogP contribution < -0.4 is 5.32 Å². The first-order valence-electron chi connectivity index (χ1n) is 5.81. The molecule has 1 aliphatic rings. The van der Waals surface area contributed by atoms with Crippen LogP contribution in [0.5, 0.6) is 0 Å². The summed E-state index contributed by atoms with van der Waals surface area (Å²) in [4.78, 5) is 11.3. The van der Waals surface area contributed by atoms with E-state index in [1.54, 1.807) is 0 Å². The molecular weight excluding hydrogens is 190 g/mol. The fraction of sp³-hybridized carbons (Fsp3) is 0.917. The van der Waals surface area contributed by atoms with Crippen LogP contribution in [-0.4, -0.2) is 25.2 Å². The molecule has 2 unspecified atom stereocenters. The molecule has 1 N–H and O–H groups in total. The molecule has 0 radical (unpaired) electrons. The number of methoxy groups -OCH3 is 1. The molecule has 0 aromatic rings. The second-order valence-electron chi connectivity index (χ2n) is 5.20. The second-order valence-corrected chi connectivity index (χ2v) is 5.20. The van der Waals surface area contributed by atoms with Crippen LogP contribution in [0.15, 0.2) is 0 Å². The van der Waals surface area contributed by atoms with Crippen molar-refractivity contribution in [3.05, 3.63) is 0 Å². The van der Waals surface area contributed by atoms with Gasteiger partial charge in [0.2, 0.25) is 0 Å². The summed E-state index contributed by atoms with van der Waals surface area (Å²) >= 11 is 0. The summed E-state index contributed by atoms with van der Waals surface area (Å²) in [7, 11) is 1.44. The van der Waals surface area contributed by atoms with E-state index >= 15 is 0 Å². The molecule has 3 nitrogen and oxygen atoms in total. The van der Waals surface area contributed by atoms with Crippen LogP contribution in [0.25, 0.3) is 0 Å². The first kappa shape index (κ1) is 12.5. The smallest absolute Gasteiger partial charge is 0.322 e. The molecule has 0 bridgehead atoms. The predicted octanol–water partition coefficient (Wildman–Crippen LogP) is 2.11. The monoisotopic (exact) mass is 213 g/mol. The average molecular weight is 213 g/mol. The third-order valence-electron chi connectivity index (χ3n) is 3.51. The van der Waals surface area contributed by atoms with Gasteiger partial charge in [-0.1, -0.05) is 26.7 Å². The third-order valence-corrected chi connectivity index (χ3v) is 3.51. The van der Waals surface area contributed by atoms with Gasteiger partial charge in [0.15, 0.2) is 0 Å². The Labute approximate surface area is 92.6 Å². The highest BCUT2D eigenvalue weighted by molar-refractivity contribution is 5.75. The lowest BCUT2D eigenvalue weighted by Gasteiger charge is -2.40. The molecule has 15 heavy (non-hydrogen) atoms. The molecule has 0 aliphatic heterocycles. The topological polar surface area (TPSA) is 38.3 Å². The van der Waals surface area contributed by atoms with Crippen LogP contribution in [-0.2, 0) is 9.53 Å². The van der Waals surface area contributed by atoms with E-state index in [1.807, 2.05) is 6.92 Å². The second kappa shape index (κ2) is 4.97. The number of carbonyl (C=O) groups excluding carboxylic acids is 1. The molecule has 0 aromatic heterocycles. The summed E-state index contributed by atoms with van der Waals surface area (Å²) < 4.78 is 4.72. The third kappa shape index (κ3) is 3.20. The molecule has 0 aromatic carbocycles. The van der Waals surface area contributed by atoms with Crippen molar-refractivity contribution in [1.82, 2.24) is 5.32 Å². The minimum atomic E-state index is -0.197. The van der Waals surface area contributed by atoms with Crippen molar-refractivity contribution in [3.8, 4) is 0 Å². The molecule has 0 amide bonds.